The molecule has 1 aromatic carbocycles. The topological polar surface area (TPSA) is 25.8 Å². The predicted molar refractivity (Wildman–Crippen MR) is 98.5 cm³/mol. The first-order valence-corrected chi connectivity index (χ1v) is 9.22. The van der Waals surface area contributed by atoms with Crippen molar-refractivity contribution in [1.82, 2.24) is 9.97 Å². The molecule has 1 aromatic heterocycles. The Morgan fingerprint density at radius 1 is 0.783 bits per heavy atom. The molecule has 1 heterocycles. The van der Waals surface area contributed by atoms with Crippen LogP contribution in [0.25, 0.3) is 11.4 Å². The van der Waals surface area contributed by atoms with Crippen molar-refractivity contribution in [3.63, 3.8) is 0 Å². The van der Waals surface area contributed by atoms with Gasteiger partial charge in [-0.2, -0.15) is 0 Å². The summed E-state index contributed by atoms with van der Waals surface area (Å²) in [6.45, 7) is 4.54. The second kappa shape index (κ2) is 10.1. The van der Waals surface area contributed by atoms with Crippen LogP contribution < -0.4 is 0 Å². The second-order valence-corrected chi connectivity index (χ2v) is 6.39. The fourth-order valence-electron chi connectivity index (χ4n) is 3.11. The van der Waals surface area contributed by atoms with E-state index in [0.29, 0.717) is 5.92 Å². The highest BCUT2D eigenvalue weighted by molar-refractivity contribution is 5.54. The maximum absolute atomic E-state index is 4.60. The van der Waals surface area contributed by atoms with Crippen LogP contribution in [0.3, 0.4) is 0 Å². The Balaban J connectivity index is 1.96. The van der Waals surface area contributed by atoms with Crippen LogP contribution in [0.2, 0.25) is 0 Å². The maximum atomic E-state index is 4.60. The van der Waals surface area contributed by atoms with Gasteiger partial charge in [-0.3, -0.25) is 0 Å². The Morgan fingerprint density at radius 2 is 1.48 bits per heavy atom. The van der Waals surface area contributed by atoms with E-state index in [4.69, 9.17) is 0 Å². The molecule has 0 spiro atoms. The van der Waals surface area contributed by atoms with E-state index in [1.807, 2.05) is 30.6 Å². The molecule has 2 aromatic rings. The molecule has 2 nitrogen and oxygen atoms in total. The second-order valence-electron chi connectivity index (χ2n) is 6.39. The summed E-state index contributed by atoms with van der Waals surface area (Å²) in [7, 11) is 0. The standard InChI is InChI=1S/C21H30N2/c1-3-5-6-7-9-13-18(12-4-2)20-16-22-21(23-17-20)19-14-10-8-11-15-19/h8,10-11,14-18H,3-7,9,12-13H2,1-2H3. The van der Waals surface area contributed by atoms with Gasteiger partial charge in [0.05, 0.1) is 0 Å². The maximum Gasteiger partial charge on any atom is 0.159 e. The molecule has 0 aliphatic heterocycles. The van der Waals surface area contributed by atoms with E-state index >= 15 is 0 Å². The zero-order valence-electron chi connectivity index (χ0n) is 14.7. The molecule has 23 heavy (non-hydrogen) atoms. The predicted octanol–water partition coefficient (Wildman–Crippen LogP) is 6.39. The first-order chi connectivity index (χ1) is 11.3. The largest absolute Gasteiger partial charge is 0.236 e. The fourth-order valence-corrected chi connectivity index (χ4v) is 3.11. The Kier molecular flexibility index (Phi) is 7.79. The smallest absolute Gasteiger partial charge is 0.159 e. The minimum Gasteiger partial charge on any atom is -0.236 e. The average Bonchev–Trinajstić information content (AvgIpc) is 2.61. The highest BCUT2D eigenvalue weighted by Crippen LogP contribution is 2.27. The first kappa shape index (κ1) is 17.7. The van der Waals surface area contributed by atoms with Crippen molar-refractivity contribution in [2.45, 2.75) is 71.1 Å². The molecule has 0 fully saturated rings. The molecule has 124 valence electrons. The van der Waals surface area contributed by atoms with Crippen LogP contribution >= 0.6 is 0 Å². The third-order valence-corrected chi connectivity index (χ3v) is 4.47. The van der Waals surface area contributed by atoms with Crippen molar-refractivity contribution >= 4 is 0 Å². The number of hydrogen-bond donors (Lipinski definition) is 0. The van der Waals surface area contributed by atoms with Gasteiger partial charge in [-0.05, 0) is 24.3 Å². The van der Waals surface area contributed by atoms with Gasteiger partial charge in [-0.1, -0.05) is 82.7 Å². The summed E-state index contributed by atoms with van der Waals surface area (Å²) in [5, 5.41) is 0. The molecular weight excluding hydrogens is 280 g/mol. The van der Waals surface area contributed by atoms with E-state index in [0.717, 1.165) is 11.4 Å². The summed E-state index contributed by atoms with van der Waals surface area (Å²) in [4.78, 5) is 9.20. The number of aromatic nitrogens is 2. The van der Waals surface area contributed by atoms with E-state index in [1.54, 1.807) is 0 Å². The molecule has 0 saturated heterocycles. The highest BCUT2D eigenvalue weighted by Gasteiger charge is 2.12. The summed E-state index contributed by atoms with van der Waals surface area (Å²) in [6.07, 6.45) is 14.6. The highest BCUT2D eigenvalue weighted by atomic mass is 14.9. The zero-order chi connectivity index (χ0) is 16.3. The Morgan fingerprint density at radius 3 is 2.13 bits per heavy atom. The van der Waals surface area contributed by atoms with Crippen molar-refractivity contribution in [2.24, 2.45) is 0 Å². The van der Waals surface area contributed by atoms with Gasteiger partial charge in [-0.25, -0.2) is 9.97 Å². The number of rotatable bonds is 10. The molecule has 0 radical (unpaired) electrons. The van der Waals surface area contributed by atoms with Crippen LogP contribution in [-0.4, -0.2) is 9.97 Å². The van der Waals surface area contributed by atoms with Gasteiger partial charge >= 0.3 is 0 Å². The van der Waals surface area contributed by atoms with Crippen molar-refractivity contribution in [1.29, 1.82) is 0 Å². The summed E-state index contributed by atoms with van der Waals surface area (Å²) < 4.78 is 0. The lowest BCUT2D eigenvalue weighted by atomic mass is 9.91. The van der Waals surface area contributed by atoms with E-state index in [1.165, 1.54) is 56.9 Å². The molecule has 2 heteroatoms. The molecular formula is C21H30N2. The summed E-state index contributed by atoms with van der Waals surface area (Å²) in [5.74, 6) is 1.44. The summed E-state index contributed by atoms with van der Waals surface area (Å²) >= 11 is 0. The van der Waals surface area contributed by atoms with Gasteiger partial charge in [0.2, 0.25) is 0 Å². The lowest BCUT2D eigenvalue weighted by Gasteiger charge is -2.16. The fraction of sp³-hybridized carbons (Fsp3) is 0.524. The van der Waals surface area contributed by atoms with Crippen molar-refractivity contribution in [3.8, 4) is 11.4 Å². The van der Waals surface area contributed by atoms with Crippen LogP contribution in [-0.2, 0) is 0 Å². The minimum absolute atomic E-state index is 0.617. The molecule has 2 rings (SSSR count). The number of benzene rings is 1. The molecule has 0 saturated carbocycles. The molecule has 1 atom stereocenters. The Labute approximate surface area is 141 Å². The van der Waals surface area contributed by atoms with Crippen LogP contribution in [0.5, 0.6) is 0 Å². The Hall–Kier alpha value is -1.70. The van der Waals surface area contributed by atoms with E-state index in [2.05, 4.69) is 35.9 Å². The Bertz CT molecular complexity index is 534. The molecule has 0 bridgehead atoms. The molecule has 0 N–H and O–H groups in total. The number of hydrogen-bond acceptors (Lipinski definition) is 2. The summed E-state index contributed by atoms with van der Waals surface area (Å²) in [6, 6.07) is 10.2. The molecule has 0 aliphatic rings. The molecule has 1 unspecified atom stereocenters. The van der Waals surface area contributed by atoms with E-state index in [9.17, 15) is 0 Å². The quantitative estimate of drug-likeness (QED) is 0.475. The number of unbranched alkanes of at least 4 members (excludes halogenated alkanes) is 4. The van der Waals surface area contributed by atoms with Gasteiger partial charge in [-0.15, -0.1) is 0 Å². The molecule has 0 aliphatic carbocycles. The van der Waals surface area contributed by atoms with Crippen molar-refractivity contribution in [3.05, 3.63) is 48.3 Å². The lowest BCUT2D eigenvalue weighted by molar-refractivity contribution is 0.514. The van der Waals surface area contributed by atoms with Crippen molar-refractivity contribution in [2.75, 3.05) is 0 Å². The van der Waals surface area contributed by atoms with Crippen LogP contribution in [0, 0.1) is 0 Å². The van der Waals surface area contributed by atoms with Crippen LogP contribution in [0.1, 0.15) is 76.7 Å². The number of nitrogens with zero attached hydrogens (tertiary/aromatic N) is 2. The van der Waals surface area contributed by atoms with E-state index in [-0.39, 0.29) is 0 Å². The first-order valence-electron chi connectivity index (χ1n) is 9.22. The lowest BCUT2D eigenvalue weighted by Crippen LogP contribution is -2.01. The zero-order valence-corrected chi connectivity index (χ0v) is 14.7. The van der Waals surface area contributed by atoms with Gasteiger partial charge in [0.15, 0.2) is 5.82 Å². The van der Waals surface area contributed by atoms with Crippen LogP contribution in [0.4, 0.5) is 0 Å². The normalized spacial score (nSPS) is 12.3. The van der Waals surface area contributed by atoms with Crippen molar-refractivity contribution < 1.29 is 0 Å². The average molecular weight is 310 g/mol. The molecule has 0 amide bonds. The van der Waals surface area contributed by atoms with Crippen LogP contribution in [0.15, 0.2) is 42.7 Å². The minimum atomic E-state index is 0.617. The van der Waals surface area contributed by atoms with Gasteiger partial charge in [0.25, 0.3) is 0 Å². The third-order valence-electron chi connectivity index (χ3n) is 4.47. The third kappa shape index (κ3) is 5.78. The van der Waals surface area contributed by atoms with Gasteiger partial charge in [0, 0.05) is 18.0 Å². The van der Waals surface area contributed by atoms with Gasteiger partial charge < -0.3 is 0 Å². The summed E-state index contributed by atoms with van der Waals surface area (Å²) in [5.41, 5.74) is 2.40. The monoisotopic (exact) mass is 310 g/mol. The SMILES string of the molecule is CCCCCCCC(CCC)c1cnc(-c2ccccc2)nc1. The van der Waals surface area contributed by atoms with Gasteiger partial charge in [0.1, 0.15) is 0 Å². The van der Waals surface area contributed by atoms with E-state index < -0.39 is 0 Å².